The van der Waals surface area contributed by atoms with Crippen molar-refractivity contribution in [2.75, 3.05) is 18.0 Å². The highest BCUT2D eigenvalue weighted by Crippen LogP contribution is 2.36. The van der Waals surface area contributed by atoms with Crippen LogP contribution in [0.5, 0.6) is 0 Å². The van der Waals surface area contributed by atoms with E-state index < -0.39 is 51.6 Å². The first-order valence-electron chi connectivity index (χ1n) is 12.8. The van der Waals surface area contributed by atoms with Gasteiger partial charge in [0.2, 0.25) is 5.43 Å². The van der Waals surface area contributed by atoms with E-state index in [9.17, 15) is 28.3 Å². The fourth-order valence-corrected chi connectivity index (χ4v) is 5.12. The van der Waals surface area contributed by atoms with Crippen molar-refractivity contribution in [3.63, 3.8) is 0 Å². The third kappa shape index (κ3) is 5.50. The number of hydrogen-bond acceptors (Lipinski definition) is 5. The van der Waals surface area contributed by atoms with E-state index in [2.05, 4.69) is 5.32 Å². The zero-order valence-electron chi connectivity index (χ0n) is 23.2. The Labute approximate surface area is 229 Å². The molecule has 2 aromatic carbocycles. The molecule has 11 heteroatoms. The Bertz CT molecular complexity index is 1580. The van der Waals surface area contributed by atoms with Gasteiger partial charge in [-0.05, 0) is 66.2 Å². The molecule has 0 radical (unpaired) electrons. The number of aromatic nitrogens is 1. The molecule has 214 valence electrons. The Hall–Kier alpha value is -4.02. The number of amides is 1. The Morgan fingerprint density at radius 2 is 1.75 bits per heavy atom. The van der Waals surface area contributed by atoms with E-state index in [0.29, 0.717) is 25.6 Å². The molecule has 0 unspecified atom stereocenters. The molecule has 8 nitrogen and oxygen atoms in total. The number of aromatic carboxylic acids is 1. The van der Waals surface area contributed by atoms with Crippen molar-refractivity contribution in [1.82, 2.24) is 9.88 Å². The third-order valence-corrected chi connectivity index (χ3v) is 7.22. The van der Waals surface area contributed by atoms with Crippen LogP contribution in [-0.4, -0.2) is 46.0 Å². The monoisotopic (exact) mass is 559 g/mol. The molecule has 1 fully saturated rings. The number of halogens is 3. The number of nitrogens with zero attached hydrogens (tertiary/aromatic N) is 2. The molecule has 0 spiro atoms. The minimum absolute atomic E-state index is 0.0731. The maximum Gasteiger partial charge on any atom is 0.408 e. The lowest BCUT2D eigenvalue weighted by Gasteiger charge is -2.34. The van der Waals surface area contributed by atoms with Crippen LogP contribution in [0.15, 0.2) is 35.3 Å². The lowest BCUT2D eigenvalue weighted by atomic mass is 9.87. The molecule has 0 aliphatic carbocycles. The Morgan fingerprint density at radius 3 is 2.35 bits per heavy atom. The minimum atomic E-state index is -1.56. The fourth-order valence-electron chi connectivity index (χ4n) is 5.12. The molecule has 1 aliphatic heterocycles. The summed E-state index contributed by atoms with van der Waals surface area (Å²) in [5.74, 6) is -4.19. The van der Waals surface area contributed by atoms with Crippen molar-refractivity contribution in [2.45, 2.75) is 59.1 Å². The number of carbonyl (C=O) groups is 2. The van der Waals surface area contributed by atoms with Gasteiger partial charge in [-0.2, -0.15) is 0 Å². The first-order valence-corrected chi connectivity index (χ1v) is 12.8. The van der Waals surface area contributed by atoms with Gasteiger partial charge in [0.15, 0.2) is 0 Å². The van der Waals surface area contributed by atoms with E-state index in [1.165, 1.54) is 13.0 Å². The van der Waals surface area contributed by atoms with Gasteiger partial charge in [0.25, 0.3) is 0 Å². The summed E-state index contributed by atoms with van der Waals surface area (Å²) in [7, 11) is 0. The van der Waals surface area contributed by atoms with Crippen molar-refractivity contribution in [2.24, 2.45) is 5.92 Å². The predicted molar refractivity (Wildman–Crippen MR) is 145 cm³/mol. The summed E-state index contributed by atoms with van der Waals surface area (Å²) in [6.07, 6.45) is 1.00. The molecule has 1 saturated heterocycles. The number of aryl methyl sites for hydroxylation is 1. The molecule has 2 N–H and O–H groups in total. The van der Waals surface area contributed by atoms with E-state index in [0.717, 1.165) is 22.9 Å². The topological polar surface area (TPSA) is 101 Å². The molecule has 4 rings (SSSR count). The molecule has 1 amide bonds. The third-order valence-electron chi connectivity index (χ3n) is 7.22. The molecule has 2 heterocycles. The number of carboxylic acid groups (broad SMARTS) is 1. The normalized spacial score (nSPS) is 15.9. The van der Waals surface area contributed by atoms with Crippen molar-refractivity contribution in [3.05, 3.63) is 69.3 Å². The second kappa shape index (κ2) is 10.2. The van der Waals surface area contributed by atoms with Crippen LogP contribution in [0.4, 0.5) is 23.7 Å². The average Bonchev–Trinajstić information content (AvgIpc) is 3.31. The summed E-state index contributed by atoms with van der Waals surface area (Å²) in [4.78, 5) is 39.1. The molecular formula is C29H32F3N3O5. The van der Waals surface area contributed by atoms with Crippen LogP contribution in [-0.2, 0) is 4.74 Å². The number of benzene rings is 2. The quantitative estimate of drug-likeness (QED) is 0.426. The number of fused-ring (bicyclic) bond motifs is 1. The van der Waals surface area contributed by atoms with Crippen molar-refractivity contribution >= 4 is 28.7 Å². The standard InChI is InChI=1S/C29H32F3N3O5/c1-15-23-21(35(14-18(25(23)36)26(37)38)20-8-7-17(30)11-19(20)31)12-22(24(15)32)34-10-9-16(13-34)29(5,6)33-27(39)40-28(2,3)4/h7-8,11-12,14,16H,9-10,13H2,1-6H3,(H,33,39)(H,37,38)/t16-/m0/s1. The molecule has 0 bridgehead atoms. The Morgan fingerprint density at radius 1 is 1.07 bits per heavy atom. The van der Waals surface area contributed by atoms with Crippen LogP contribution >= 0.6 is 0 Å². The number of carbonyl (C=O) groups excluding carboxylic acids is 1. The number of ether oxygens (including phenoxy) is 1. The molecule has 1 aromatic heterocycles. The van der Waals surface area contributed by atoms with Gasteiger partial charge in [-0.15, -0.1) is 0 Å². The largest absolute Gasteiger partial charge is 0.477 e. The Balaban J connectivity index is 1.80. The van der Waals surface area contributed by atoms with Crippen molar-refractivity contribution in [3.8, 4) is 5.69 Å². The number of carboxylic acids is 1. The summed E-state index contributed by atoms with van der Waals surface area (Å²) < 4.78 is 50.8. The van der Waals surface area contributed by atoms with Gasteiger partial charge in [-0.1, -0.05) is 0 Å². The van der Waals surface area contributed by atoms with Crippen molar-refractivity contribution in [1.29, 1.82) is 0 Å². The zero-order chi connectivity index (χ0) is 29.7. The molecule has 1 atom stereocenters. The first kappa shape index (κ1) is 29.0. The first-order chi connectivity index (χ1) is 18.5. The van der Waals surface area contributed by atoms with Gasteiger partial charge in [0.05, 0.1) is 22.3 Å². The molecular weight excluding hydrogens is 527 g/mol. The highest BCUT2D eigenvalue weighted by atomic mass is 19.1. The number of hydrogen-bond donors (Lipinski definition) is 2. The highest BCUT2D eigenvalue weighted by molar-refractivity contribution is 5.95. The van der Waals surface area contributed by atoms with Crippen LogP contribution in [0.1, 0.15) is 57.0 Å². The van der Waals surface area contributed by atoms with E-state index in [-0.39, 0.29) is 33.8 Å². The highest BCUT2D eigenvalue weighted by Gasteiger charge is 2.38. The van der Waals surface area contributed by atoms with Crippen LogP contribution in [0.3, 0.4) is 0 Å². The summed E-state index contributed by atoms with van der Waals surface area (Å²) in [5, 5.41) is 12.3. The van der Waals surface area contributed by atoms with Gasteiger partial charge in [0.1, 0.15) is 28.6 Å². The van der Waals surface area contributed by atoms with Crippen LogP contribution < -0.4 is 15.6 Å². The lowest BCUT2D eigenvalue weighted by Crippen LogP contribution is -2.51. The van der Waals surface area contributed by atoms with E-state index in [1.54, 1.807) is 25.7 Å². The van der Waals surface area contributed by atoms with Crippen molar-refractivity contribution < 1.29 is 32.6 Å². The number of rotatable bonds is 5. The Kier molecular flexibility index (Phi) is 7.38. The predicted octanol–water partition coefficient (Wildman–Crippen LogP) is 5.54. The number of pyridine rings is 1. The zero-order valence-corrected chi connectivity index (χ0v) is 23.2. The average molecular weight is 560 g/mol. The van der Waals surface area contributed by atoms with Crippen LogP contribution in [0.25, 0.3) is 16.6 Å². The molecule has 1 aliphatic rings. The summed E-state index contributed by atoms with van der Waals surface area (Å²) >= 11 is 0. The number of nitrogens with one attached hydrogen (secondary N) is 1. The molecule has 3 aromatic rings. The summed E-state index contributed by atoms with van der Waals surface area (Å²) in [6, 6.07) is 4.15. The fraction of sp³-hybridized carbons (Fsp3) is 0.414. The minimum Gasteiger partial charge on any atom is -0.477 e. The smallest absolute Gasteiger partial charge is 0.408 e. The second-order valence-electron chi connectivity index (χ2n) is 11.7. The molecule has 40 heavy (non-hydrogen) atoms. The summed E-state index contributed by atoms with van der Waals surface area (Å²) in [5.41, 5.74) is -3.04. The van der Waals surface area contributed by atoms with Gasteiger partial charge >= 0.3 is 12.1 Å². The second-order valence-corrected chi connectivity index (χ2v) is 11.7. The van der Waals surface area contributed by atoms with Crippen LogP contribution in [0, 0.1) is 30.3 Å². The maximum absolute atomic E-state index is 15.8. The van der Waals surface area contributed by atoms with Gasteiger partial charge in [0, 0.05) is 42.4 Å². The SMILES string of the molecule is Cc1c(F)c(N2CC[C@H](C(C)(C)NC(=O)OC(C)(C)C)C2)cc2c1c(=O)c(C(=O)O)cn2-c1ccc(F)cc1F. The van der Waals surface area contributed by atoms with Gasteiger partial charge < -0.3 is 24.6 Å². The van der Waals surface area contributed by atoms with E-state index in [1.807, 2.05) is 13.8 Å². The van der Waals surface area contributed by atoms with Crippen LogP contribution in [0.2, 0.25) is 0 Å². The van der Waals surface area contributed by atoms with E-state index >= 15 is 4.39 Å². The van der Waals surface area contributed by atoms with Gasteiger partial charge in [-0.25, -0.2) is 22.8 Å². The molecule has 0 saturated carbocycles. The maximum atomic E-state index is 15.8. The van der Waals surface area contributed by atoms with Gasteiger partial charge in [-0.3, -0.25) is 4.79 Å². The summed E-state index contributed by atoms with van der Waals surface area (Å²) in [6.45, 7) is 11.1. The number of anilines is 1. The van der Waals surface area contributed by atoms with E-state index in [4.69, 9.17) is 4.74 Å². The lowest BCUT2D eigenvalue weighted by molar-refractivity contribution is 0.0441. The number of alkyl carbamates (subject to hydrolysis) is 1.